The van der Waals surface area contributed by atoms with Crippen LogP contribution in [-0.2, 0) is 0 Å². The van der Waals surface area contributed by atoms with E-state index in [1.165, 1.54) is 67.4 Å². The lowest BCUT2D eigenvalue weighted by Gasteiger charge is -1.97. The molecule has 96 valence electrons. The van der Waals surface area contributed by atoms with Gasteiger partial charge in [0.1, 0.15) is 0 Å². The Labute approximate surface area is 115 Å². The van der Waals surface area contributed by atoms with E-state index in [1.807, 2.05) is 24.4 Å². The lowest BCUT2D eigenvalue weighted by Crippen LogP contribution is -1.73. The van der Waals surface area contributed by atoms with Crippen molar-refractivity contribution in [2.24, 2.45) is 4.40 Å². The minimum Gasteiger partial charge on any atom is -0.219 e. The summed E-state index contributed by atoms with van der Waals surface area (Å²) >= 11 is 1.52. The SMILES string of the molecule is C1=Cc2ccccc2SN=C1.C1CCCCCC1. The number of nitrogens with zero attached hydrogens (tertiary/aromatic N) is 1. The largest absolute Gasteiger partial charge is 0.219 e. The van der Waals surface area contributed by atoms with Crippen LogP contribution in [0.25, 0.3) is 6.08 Å². The third-order valence-corrected chi connectivity index (χ3v) is 4.04. The highest BCUT2D eigenvalue weighted by Crippen LogP contribution is 2.25. The van der Waals surface area contributed by atoms with Crippen molar-refractivity contribution in [1.82, 2.24) is 0 Å². The first-order valence-corrected chi connectivity index (χ1v) is 7.70. The molecule has 0 unspecified atom stereocenters. The van der Waals surface area contributed by atoms with Crippen LogP contribution in [0.3, 0.4) is 0 Å². The quantitative estimate of drug-likeness (QED) is 0.441. The first-order chi connectivity index (χ1) is 8.97. The predicted octanol–water partition coefficient (Wildman–Crippen LogP) is 5.52. The van der Waals surface area contributed by atoms with E-state index >= 15 is 0 Å². The maximum Gasteiger partial charge on any atom is 0.0377 e. The van der Waals surface area contributed by atoms with Crippen LogP contribution < -0.4 is 0 Å². The molecule has 0 atom stereocenters. The molecule has 0 saturated heterocycles. The van der Waals surface area contributed by atoms with Crippen LogP contribution in [0.15, 0.2) is 39.6 Å². The van der Waals surface area contributed by atoms with Gasteiger partial charge in [0.05, 0.1) is 0 Å². The van der Waals surface area contributed by atoms with Crippen LogP contribution >= 0.6 is 11.9 Å². The van der Waals surface area contributed by atoms with E-state index in [0.717, 1.165) is 0 Å². The number of rotatable bonds is 0. The Hall–Kier alpha value is -1.02. The molecule has 1 fully saturated rings. The third kappa shape index (κ3) is 4.69. The minimum absolute atomic E-state index is 1.22. The summed E-state index contributed by atoms with van der Waals surface area (Å²) in [4.78, 5) is 1.22. The van der Waals surface area contributed by atoms with Crippen LogP contribution in [0.4, 0.5) is 0 Å². The Morgan fingerprint density at radius 1 is 0.833 bits per heavy atom. The number of allylic oxidation sites excluding steroid dienone is 1. The van der Waals surface area contributed by atoms with Crippen molar-refractivity contribution in [3.05, 3.63) is 35.9 Å². The second kappa shape index (κ2) is 8.15. The maximum absolute atomic E-state index is 4.12. The van der Waals surface area contributed by atoms with E-state index in [9.17, 15) is 0 Å². The average molecular weight is 259 g/mol. The molecular formula is C16H21NS. The fourth-order valence-corrected chi connectivity index (χ4v) is 2.83. The van der Waals surface area contributed by atoms with Crippen molar-refractivity contribution in [3.63, 3.8) is 0 Å². The first kappa shape index (κ1) is 13.4. The van der Waals surface area contributed by atoms with Gasteiger partial charge >= 0.3 is 0 Å². The summed E-state index contributed by atoms with van der Waals surface area (Å²) in [5.74, 6) is 0. The van der Waals surface area contributed by atoms with Gasteiger partial charge in [-0.3, -0.25) is 0 Å². The van der Waals surface area contributed by atoms with E-state index in [4.69, 9.17) is 0 Å². The molecule has 1 aliphatic heterocycles. The summed E-state index contributed by atoms with van der Waals surface area (Å²) in [7, 11) is 0. The Kier molecular flexibility index (Phi) is 6.07. The molecule has 1 aliphatic carbocycles. The van der Waals surface area contributed by atoms with Crippen LogP contribution in [0, 0.1) is 0 Å². The van der Waals surface area contributed by atoms with Gasteiger partial charge in [-0.15, -0.1) is 0 Å². The summed E-state index contributed by atoms with van der Waals surface area (Å²) in [5, 5.41) is 0. The fraction of sp³-hybridized carbons (Fsp3) is 0.438. The first-order valence-electron chi connectivity index (χ1n) is 6.93. The molecule has 1 nitrogen and oxygen atoms in total. The lowest BCUT2D eigenvalue weighted by molar-refractivity contribution is 0.702. The zero-order valence-corrected chi connectivity index (χ0v) is 11.7. The van der Waals surface area contributed by atoms with Crippen LogP contribution in [0.5, 0.6) is 0 Å². The smallest absolute Gasteiger partial charge is 0.0377 e. The van der Waals surface area contributed by atoms with E-state index in [-0.39, 0.29) is 0 Å². The summed E-state index contributed by atoms with van der Waals surface area (Å²) in [6.07, 6.45) is 16.3. The van der Waals surface area contributed by atoms with Gasteiger partial charge in [-0.2, -0.15) is 0 Å². The van der Waals surface area contributed by atoms with Gasteiger partial charge in [-0.05, 0) is 17.7 Å². The van der Waals surface area contributed by atoms with Crippen molar-refractivity contribution < 1.29 is 0 Å². The standard InChI is InChI=1S/C9H7NS.C7H14/c1-2-6-9-8(4-1)5-3-7-10-11-9;1-2-4-6-7-5-3-1/h1-7H;1-7H2. The van der Waals surface area contributed by atoms with Crippen molar-refractivity contribution in [2.45, 2.75) is 49.8 Å². The van der Waals surface area contributed by atoms with Gasteiger partial charge < -0.3 is 0 Å². The Morgan fingerprint density at radius 3 is 2.11 bits per heavy atom. The Bertz CT molecular complexity index is 390. The maximum atomic E-state index is 4.12. The molecule has 2 aliphatic rings. The summed E-state index contributed by atoms with van der Waals surface area (Å²) in [6, 6.07) is 8.23. The molecule has 0 bridgehead atoms. The summed E-state index contributed by atoms with van der Waals surface area (Å²) < 4.78 is 4.12. The van der Waals surface area contributed by atoms with E-state index in [2.05, 4.69) is 22.6 Å². The highest BCUT2D eigenvalue weighted by Gasteiger charge is 1.98. The van der Waals surface area contributed by atoms with Gasteiger partial charge in [0.25, 0.3) is 0 Å². The topological polar surface area (TPSA) is 12.4 Å². The van der Waals surface area contributed by atoms with Crippen LogP contribution in [-0.4, -0.2) is 6.21 Å². The zero-order chi connectivity index (χ0) is 12.5. The minimum atomic E-state index is 1.22. The molecule has 0 aromatic heterocycles. The van der Waals surface area contributed by atoms with Crippen molar-refractivity contribution >= 4 is 24.2 Å². The zero-order valence-electron chi connectivity index (χ0n) is 10.8. The molecule has 1 saturated carbocycles. The molecule has 1 aromatic carbocycles. The second-order valence-electron chi connectivity index (χ2n) is 4.72. The molecule has 0 N–H and O–H groups in total. The molecule has 2 heteroatoms. The number of benzene rings is 1. The monoisotopic (exact) mass is 259 g/mol. The van der Waals surface area contributed by atoms with E-state index in [0.29, 0.717) is 0 Å². The summed E-state index contributed by atoms with van der Waals surface area (Å²) in [5.41, 5.74) is 1.25. The molecule has 3 rings (SSSR count). The lowest BCUT2D eigenvalue weighted by atomic mass is 10.2. The normalized spacial score (nSPS) is 18.0. The van der Waals surface area contributed by atoms with Crippen LogP contribution in [0.2, 0.25) is 0 Å². The number of fused-ring (bicyclic) bond motifs is 1. The average Bonchev–Trinajstić information content (AvgIpc) is 2.84. The van der Waals surface area contributed by atoms with Gasteiger partial charge in [-0.25, -0.2) is 4.40 Å². The third-order valence-electron chi connectivity index (χ3n) is 3.24. The van der Waals surface area contributed by atoms with Gasteiger partial charge in [0, 0.05) is 23.1 Å². The van der Waals surface area contributed by atoms with Gasteiger partial charge in [-0.1, -0.05) is 69.2 Å². The second-order valence-corrected chi connectivity index (χ2v) is 5.55. The highest BCUT2D eigenvalue weighted by atomic mass is 32.2. The van der Waals surface area contributed by atoms with Crippen molar-refractivity contribution in [1.29, 1.82) is 0 Å². The number of hydrogen-bond donors (Lipinski definition) is 0. The summed E-state index contributed by atoms with van der Waals surface area (Å²) in [6.45, 7) is 0. The molecular weight excluding hydrogens is 238 g/mol. The van der Waals surface area contributed by atoms with Gasteiger partial charge in [0.15, 0.2) is 0 Å². The van der Waals surface area contributed by atoms with Gasteiger partial charge in [0.2, 0.25) is 0 Å². The Balaban J connectivity index is 0.000000149. The molecule has 1 heterocycles. The fourth-order valence-electron chi connectivity index (χ4n) is 2.21. The highest BCUT2D eigenvalue weighted by molar-refractivity contribution is 7.98. The van der Waals surface area contributed by atoms with Crippen molar-refractivity contribution in [3.8, 4) is 0 Å². The molecule has 0 spiro atoms. The molecule has 0 radical (unpaired) electrons. The van der Waals surface area contributed by atoms with E-state index < -0.39 is 0 Å². The molecule has 1 aromatic rings. The molecule has 0 amide bonds. The van der Waals surface area contributed by atoms with Crippen molar-refractivity contribution in [2.75, 3.05) is 0 Å². The van der Waals surface area contributed by atoms with E-state index in [1.54, 1.807) is 0 Å². The predicted molar refractivity (Wildman–Crippen MR) is 82.1 cm³/mol. The van der Waals surface area contributed by atoms with Crippen LogP contribution in [0.1, 0.15) is 50.5 Å². The number of hydrogen-bond acceptors (Lipinski definition) is 2. The Morgan fingerprint density at radius 2 is 1.44 bits per heavy atom. The molecule has 18 heavy (non-hydrogen) atoms.